The topological polar surface area (TPSA) is 95.9 Å². The summed E-state index contributed by atoms with van der Waals surface area (Å²) in [6.45, 7) is 6.26. The average molecular weight is 794 g/mol. The molecule has 0 saturated heterocycles. The van der Waals surface area contributed by atoms with Crippen LogP contribution in [-0.2, 0) is 14.3 Å². The van der Waals surface area contributed by atoms with E-state index in [9.17, 15) is 19.8 Å². The van der Waals surface area contributed by atoms with E-state index in [0.717, 1.165) is 89.9 Å². The van der Waals surface area contributed by atoms with Crippen LogP contribution < -0.4 is 5.32 Å². The van der Waals surface area contributed by atoms with E-state index in [-0.39, 0.29) is 24.9 Å². The minimum Gasteiger partial charge on any atom is -0.462 e. The quantitative estimate of drug-likeness (QED) is 0.0326. The molecule has 0 saturated carbocycles. The molecule has 0 radical (unpaired) electrons. The zero-order valence-corrected chi connectivity index (χ0v) is 36.9. The summed E-state index contributed by atoms with van der Waals surface area (Å²) in [6, 6.07) is -0.720. The van der Waals surface area contributed by atoms with Gasteiger partial charge in [-0.15, -0.1) is 0 Å². The highest BCUT2D eigenvalue weighted by Gasteiger charge is 2.24. The van der Waals surface area contributed by atoms with Crippen LogP contribution in [0.3, 0.4) is 0 Å². The van der Waals surface area contributed by atoms with Crippen molar-refractivity contribution in [1.29, 1.82) is 0 Å². The molecule has 0 rings (SSSR count). The fourth-order valence-electron chi connectivity index (χ4n) is 6.56. The van der Waals surface area contributed by atoms with Gasteiger partial charge in [0.05, 0.1) is 25.2 Å². The van der Waals surface area contributed by atoms with E-state index in [1.807, 2.05) is 42.5 Å². The molecule has 3 atom stereocenters. The van der Waals surface area contributed by atoms with Gasteiger partial charge in [0, 0.05) is 6.42 Å². The fourth-order valence-corrected chi connectivity index (χ4v) is 6.56. The van der Waals surface area contributed by atoms with Gasteiger partial charge in [0.25, 0.3) is 0 Å². The molecule has 0 bridgehead atoms. The predicted octanol–water partition coefficient (Wildman–Crippen LogP) is 13.6. The van der Waals surface area contributed by atoms with Crippen LogP contribution in [0.5, 0.6) is 0 Å². The number of nitrogens with one attached hydrogen (secondary N) is 1. The van der Waals surface area contributed by atoms with Crippen LogP contribution in [0.25, 0.3) is 0 Å². The molecule has 57 heavy (non-hydrogen) atoms. The molecule has 326 valence electrons. The molecule has 3 unspecified atom stereocenters. The van der Waals surface area contributed by atoms with Gasteiger partial charge >= 0.3 is 5.97 Å². The first-order valence-electron chi connectivity index (χ1n) is 23.4. The van der Waals surface area contributed by atoms with Gasteiger partial charge in [-0.3, -0.25) is 9.59 Å². The second-order valence-corrected chi connectivity index (χ2v) is 15.6. The van der Waals surface area contributed by atoms with Crippen molar-refractivity contribution in [1.82, 2.24) is 5.32 Å². The lowest BCUT2D eigenvalue weighted by Gasteiger charge is -2.24. The number of allylic oxidation sites excluding steroid dienone is 14. The highest BCUT2D eigenvalue weighted by molar-refractivity contribution is 5.77. The molecule has 0 heterocycles. The number of rotatable bonds is 40. The molecule has 0 aliphatic heterocycles. The number of carbonyl (C=O) groups is 2. The number of amides is 1. The van der Waals surface area contributed by atoms with E-state index >= 15 is 0 Å². The highest BCUT2D eigenvalue weighted by atomic mass is 16.5. The maximum absolute atomic E-state index is 13.1. The van der Waals surface area contributed by atoms with Gasteiger partial charge in [0.2, 0.25) is 5.91 Å². The number of carbonyl (C=O) groups excluding carboxylic acids is 2. The van der Waals surface area contributed by atoms with Crippen LogP contribution in [0.2, 0.25) is 0 Å². The summed E-state index contributed by atoms with van der Waals surface area (Å²) in [5, 5.41) is 23.6. The van der Waals surface area contributed by atoms with E-state index < -0.39 is 18.2 Å². The van der Waals surface area contributed by atoms with Crippen LogP contribution in [0.4, 0.5) is 0 Å². The van der Waals surface area contributed by atoms with Gasteiger partial charge in [0.1, 0.15) is 6.10 Å². The van der Waals surface area contributed by atoms with Crippen LogP contribution in [-0.4, -0.2) is 46.9 Å². The van der Waals surface area contributed by atoms with Crippen molar-refractivity contribution in [2.24, 2.45) is 0 Å². The standard InChI is InChI=1S/C51H87NO5/c1-4-7-10-13-16-19-22-24-25-27-29-32-35-38-41-44-51(56)57-47(42-39-36-33-30-28-26-23-20-17-14-11-8-5-2)45-50(55)52-48(46-53)49(54)43-40-37-34-31-21-18-15-12-9-6-3/h7,10,13,16-17,19-20,22-27,29,47-49,53-54H,4-6,8-9,11-12,14-15,18,21,28,30-46H2,1-3H3,(H,52,55)/b10-7+,16-13+,20-17+,22-19-,25-24-,26-23+,29-27+. The number of hydrogen-bond donors (Lipinski definition) is 3. The first-order chi connectivity index (χ1) is 28.0. The monoisotopic (exact) mass is 794 g/mol. The van der Waals surface area contributed by atoms with Crippen molar-refractivity contribution in [3.05, 3.63) is 85.1 Å². The van der Waals surface area contributed by atoms with E-state index in [1.54, 1.807) is 0 Å². The first kappa shape index (κ1) is 54.0. The van der Waals surface area contributed by atoms with Crippen molar-refractivity contribution < 1.29 is 24.5 Å². The van der Waals surface area contributed by atoms with Gasteiger partial charge in [0.15, 0.2) is 0 Å². The van der Waals surface area contributed by atoms with Crippen LogP contribution in [0.1, 0.15) is 201 Å². The fraction of sp³-hybridized carbons (Fsp3) is 0.686. The van der Waals surface area contributed by atoms with E-state index in [1.165, 1.54) is 64.2 Å². The Bertz CT molecular complexity index is 1120. The number of hydrogen-bond acceptors (Lipinski definition) is 5. The van der Waals surface area contributed by atoms with Crippen LogP contribution in [0, 0.1) is 0 Å². The molecular formula is C51H87NO5. The lowest BCUT2D eigenvalue weighted by Crippen LogP contribution is -2.46. The Morgan fingerprint density at radius 1 is 0.526 bits per heavy atom. The largest absolute Gasteiger partial charge is 0.462 e. The predicted molar refractivity (Wildman–Crippen MR) is 245 cm³/mol. The molecule has 1 amide bonds. The normalized spacial score (nSPS) is 14.1. The molecule has 0 aromatic heterocycles. The maximum atomic E-state index is 13.1. The Labute approximate surface area is 351 Å². The molecule has 0 aliphatic carbocycles. The number of unbranched alkanes of at least 4 members (excludes halogenated alkanes) is 19. The SMILES string of the molecule is CC/C=C/C=C/C=C\C=C/C=C/CCCCCC(=O)OC(CCCCCC/C=C/C=C/CCCCC)CC(=O)NC(CO)C(O)CCCCCCCCCCCC. The maximum Gasteiger partial charge on any atom is 0.306 e. The first-order valence-corrected chi connectivity index (χ1v) is 23.4. The number of aliphatic hydroxyl groups excluding tert-OH is 2. The molecule has 0 aromatic rings. The molecule has 6 heteroatoms. The van der Waals surface area contributed by atoms with E-state index in [2.05, 4.69) is 68.6 Å². The summed E-state index contributed by atoms with van der Waals surface area (Å²) in [6.07, 6.45) is 56.3. The third kappa shape index (κ3) is 39.6. The number of aliphatic hydroxyl groups is 2. The summed E-state index contributed by atoms with van der Waals surface area (Å²) in [7, 11) is 0. The lowest BCUT2D eigenvalue weighted by atomic mass is 10.0. The Morgan fingerprint density at radius 2 is 0.947 bits per heavy atom. The third-order valence-corrected chi connectivity index (χ3v) is 10.1. The van der Waals surface area contributed by atoms with Crippen molar-refractivity contribution in [2.75, 3.05) is 6.61 Å². The summed E-state index contributed by atoms with van der Waals surface area (Å²) in [5.41, 5.74) is 0. The molecule has 0 spiro atoms. The summed E-state index contributed by atoms with van der Waals surface area (Å²) < 4.78 is 5.88. The van der Waals surface area contributed by atoms with Gasteiger partial charge < -0.3 is 20.3 Å². The van der Waals surface area contributed by atoms with Crippen LogP contribution >= 0.6 is 0 Å². The van der Waals surface area contributed by atoms with Crippen molar-refractivity contribution in [2.45, 2.75) is 219 Å². The second-order valence-electron chi connectivity index (χ2n) is 15.6. The van der Waals surface area contributed by atoms with Gasteiger partial charge in [-0.1, -0.05) is 202 Å². The zero-order valence-electron chi connectivity index (χ0n) is 36.9. The van der Waals surface area contributed by atoms with E-state index in [4.69, 9.17) is 4.74 Å². The Morgan fingerprint density at radius 3 is 1.49 bits per heavy atom. The Balaban J connectivity index is 4.74. The Kier molecular flexibility index (Phi) is 41.9. The summed E-state index contributed by atoms with van der Waals surface area (Å²) in [5.74, 6) is -0.552. The van der Waals surface area contributed by atoms with Gasteiger partial charge in [-0.05, 0) is 70.6 Å². The van der Waals surface area contributed by atoms with E-state index in [0.29, 0.717) is 19.3 Å². The lowest BCUT2D eigenvalue weighted by molar-refractivity contribution is -0.151. The minimum atomic E-state index is -0.803. The molecule has 0 aromatic carbocycles. The van der Waals surface area contributed by atoms with Gasteiger partial charge in [-0.2, -0.15) is 0 Å². The number of esters is 1. The average Bonchev–Trinajstić information content (AvgIpc) is 3.20. The summed E-state index contributed by atoms with van der Waals surface area (Å²) >= 11 is 0. The minimum absolute atomic E-state index is 0.0419. The molecule has 3 N–H and O–H groups in total. The van der Waals surface area contributed by atoms with Crippen LogP contribution in [0.15, 0.2) is 85.1 Å². The second kappa shape index (κ2) is 44.1. The van der Waals surface area contributed by atoms with Crippen molar-refractivity contribution in [3.63, 3.8) is 0 Å². The molecule has 6 nitrogen and oxygen atoms in total. The van der Waals surface area contributed by atoms with Gasteiger partial charge in [-0.25, -0.2) is 0 Å². The highest BCUT2D eigenvalue weighted by Crippen LogP contribution is 2.17. The third-order valence-electron chi connectivity index (χ3n) is 10.1. The summed E-state index contributed by atoms with van der Waals surface area (Å²) in [4.78, 5) is 26.0. The Hall–Kier alpha value is -2.96. The zero-order chi connectivity index (χ0) is 41.7. The van der Waals surface area contributed by atoms with Crippen molar-refractivity contribution in [3.8, 4) is 0 Å². The molecule has 0 fully saturated rings. The van der Waals surface area contributed by atoms with Crippen molar-refractivity contribution >= 4 is 11.9 Å². The molecule has 0 aliphatic rings. The number of ether oxygens (including phenoxy) is 1. The molecular weight excluding hydrogens is 707 g/mol. The smallest absolute Gasteiger partial charge is 0.306 e.